The molecule has 2 rings (SSSR count). The molecule has 0 N–H and O–H groups in total. The van der Waals surface area contributed by atoms with E-state index in [-0.39, 0.29) is 11.7 Å². The number of rotatable bonds is 6. The van der Waals surface area contributed by atoms with E-state index in [1.54, 1.807) is 0 Å². The minimum Gasteiger partial charge on any atom is -0.493 e. The molecule has 0 amide bonds. The minimum atomic E-state index is -0.294. The highest BCUT2D eigenvalue weighted by Crippen LogP contribution is 2.39. The Bertz CT molecular complexity index is 492. The molecular formula is C16H20O5. The third kappa shape index (κ3) is 3.74. The first-order chi connectivity index (χ1) is 10.2. The topological polar surface area (TPSA) is 61.8 Å². The Morgan fingerprint density at radius 1 is 1.19 bits per heavy atom. The van der Waals surface area contributed by atoms with Crippen molar-refractivity contribution in [1.82, 2.24) is 0 Å². The molecule has 1 aliphatic rings. The molecule has 5 nitrogen and oxygen atoms in total. The molecule has 0 aromatic heterocycles. The minimum absolute atomic E-state index is 0.230. The summed E-state index contributed by atoms with van der Waals surface area (Å²) < 4.78 is 15.8. The molecule has 114 valence electrons. The molecule has 1 aliphatic carbocycles. The van der Waals surface area contributed by atoms with E-state index in [9.17, 15) is 9.59 Å². The highest BCUT2D eigenvalue weighted by Gasteiger charge is 2.22. The fourth-order valence-electron chi connectivity index (χ4n) is 2.67. The van der Waals surface area contributed by atoms with Crippen molar-refractivity contribution in [2.75, 3.05) is 14.2 Å². The van der Waals surface area contributed by atoms with Crippen molar-refractivity contribution in [3.63, 3.8) is 0 Å². The number of benzene rings is 1. The van der Waals surface area contributed by atoms with Crippen LogP contribution in [0, 0.1) is 5.92 Å². The van der Waals surface area contributed by atoms with Gasteiger partial charge in [0.2, 0.25) is 5.75 Å². The van der Waals surface area contributed by atoms with Crippen LogP contribution >= 0.6 is 0 Å². The van der Waals surface area contributed by atoms with Gasteiger partial charge in [0.1, 0.15) is 6.29 Å². The average molecular weight is 292 g/mol. The summed E-state index contributed by atoms with van der Waals surface area (Å²) in [6.45, 7) is 0. The van der Waals surface area contributed by atoms with E-state index in [0.717, 1.165) is 12.8 Å². The lowest BCUT2D eigenvalue weighted by molar-refractivity contribution is -0.135. The van der Waals surface area contributed by atoms with E-state index in [0.29, 0.717) is 35.7 Å². The molecular weight excluding hydrogens is 272 g/mol. The second-order valence-electron chi connectivity index (χ2n) is 5.20. The van der Waals surface area contributed by atoms with Crippen molar-refractivity contribution in [2.45, 2.75) is 32.1 Å². The lowest BCUT2D eigenvalue weighted by Crippen LogP contribution is -2.13. The van der Waals surface area contributed by atoms with Gasteiger partial charge in [-0.2, -0.15) is 0 Å². The number of carbonyl (C=O) groups excluding carboxylic acids is 2. The molecule has 21 heavy (non-hydrogen) atoms. The smallest absolute Gasteiger partial charge is 0.311 e. The number of methoxy groups -OCH3 is 2. The zero-order valence-electron chi connectivity index (χ0n) is 12.4. The van der Waals surface area contributed by atoms with Crippen molar-refractivity contribution >= 4 is 12.3 Å². The van der Waals surface area contributed by atoms with Crippen molar-refractivity contribution in [1.29, 1.82) is 0 Å². The first-order valence-corrected chi connectivity index (χ1v) is 7.09. The Kier molecular flexibility index (Phi) is 5.20. The Balaban J connectivity index is 2.16. The molecule has 0 bridgehead atoms. The lowest BCUT2D eigenvalue weighted by Gasteiger charge is -2.15. The van der Waals surface area contributed by atoms with Gasteiger partial charge in [-0.1, -0.05) is 12.8 Å². The summed E-state index contributed by atoms with van der Waals surface area (Å²) in [6.07, 6.45) is 5.61. The predicted molar refractivity (Wildman–Crippen MR) is 77.1 cm³/mol. The van der Waals surface area contributed by atoms with Crippen LogP contribution in [0.4, 0.5) is 0 Å². The summed E-state index contributed by atoms with van der Waals surface area (Å²) in [5, 5.41) is 0. The summed E-state index contributed by atoms with van der Waals surface area (Å²) >= 11 is 0. The van der Waals surface area contributed by atoms with E-state index in [1.807, 2.05) is 0 Å². The molecule has 1 fully saturated rings. The van der Waals surface area contributed by atoms with Gasteiger partial charge in [-0.25, -0.2) is 0 Å². The van der Waals surface area contributed by atoms with Crippen LogP contribution < -0.4 is 14.2 Å². The Morgan fingerprint density at radius 2 is 1.76 bits per heavy atom. The molecule has 1 saturated carbocycles. The summed E-state index contributed by atoms with van der Waals surface area (Å²) in [4.78, 5) is 22.9. The van der Waals surface area contributed by atoms with Crippen LogP contribution in [0.25, 0.3) is 0 Å². The first kappa shape index (κ1) is 15.4. The molecule has 0 atom stereocenters. The zero-order valence-corrected chi connectivity index (χ0v) is 12.4. The molecule has 1 aromatic rings. The number of hydrogen-bond acceptors (Lipinski definition) is 5. The van der Waals surface area contributed by atoms with E-state index in [2.05, 4.69) is 0 Å². The van der Waals surface area contributed by atoms with Gasteiger partial charge in [0, 0.05) is 12.0 Å². The van der Waals surface area contributed by atoms with E-state index in [1.165, 1.54) is 39.2 Å². The van der Waals surface area contributed by atoms with Gasteiger partial charge in [0.05, 0.1) is 14.2 Å². The number of hydrogen-bond donors (Lipinski definition) is 0. The normalized spacial score (nSPS) is 14.8. The van der Waals surface area contributed by atoms with Crippen LogP contribution in [-0.4, -0.2) is 26.5 Å². The van der Waals surface area contributed by atoms with Crippen molar-refractivity contribution < 1.29 is 23.8 Å². The van der Waals surface area contributed by atoms with Crippen LogP contribution in [0.15, 0.2) is 12.1 Å². The van der Waals surface area contributed by atoms with Crippen molar-refractivity contribution in [2.24, 2.45) is 5.92 Å². The number of aldehydes is 1. The molecule has 0 spiro atoms. The monoisotopic (exact) mass is 292 g/mol. The molecule has 1 aromatic carbocycles. The van der Waals surface area contributed by atoms with E-state index >= 15 is 0 Å². The van der Waals surface area contributed by atoms with Crippen molar-refractivity contribution in [3.8, 4) is 17.2 Å². The highest BCUT2D eigenvalue weighted by molar-refractivity contribution is 5.80. The fourth-order valence-corrected chi connectivity index (χ4v) is 2.67. The Hall–Kier alpha value is -2.04. The molecule has 0 unspecified atom stereocenters. The zero-order chi connectivity index (χ0) is 15.2. The second kappa shape index (κ2) is 7.11. The van der Waals surface area contributed by atoms with Gasteiger partial charge in [0.25, 0.3) is 0 Å². The molecule has 0 radical (unpaired) electrons. The average Bonchev–Trinajstić information content (AvgIpc) is 3.00. The van der Waals surface area contributed by atoms with Gasteiger partial charge < -0.3 is 14.2 Å². The maximum atomic E-state index is 12.1. The number of carbonyl (C=O) groups is 2. The fraction of sp³-hybridized carbons (Fsp3) is 0.500. The molecule has 0 heterocycles. The van der Waals surface area contributed by atoms with Crippen molar-refractivity contribution in [3.05, 3.63) is 17.7 Å². The maximum Gasteiger partial charge on any atom is 0.311 e. The summed E-state index contributed by atoms with van der Waals surface area (Å²) in [6, 6.07) is 3.04. The van der Waals surface area contributed by atoms with Crippen LogP contribution in [-0.2, 0) is 4.79 Å². The van der Waals surface area contributed by atoms with Gasteiger partial charge in [-0.15, -0.1) is 0 Å². The Morgan fingerprint density at radius 3 is 2.24 bits per heavy atom. The van der Waals surface area contributed by atoms with Crippen LogP contribution in [0.1, 0.15) is 42.5 Å². The summed E-state index contributed by atoms with van der Waals surface area (Å²) in [5.41, 5.74) is 0.402. The third-order valence-corrected chi connectivity index (χ3v) is 3.76. The molecule has 0 aliphatic heterocycles. The number of ether oxygens (including phenoxy) is 3. The SMILES string of the molecule is COc1cc(C=O)cc(OC)c1OC(=O)CC1CCCC1. The summed E-state index contributed by atoms with van der Waals surface area (Å²) in [5.74, 6) is 0.974. The highest BCUT2D eigenvalue weighted by atomic mass is 16.6. The van der Waals surface area contributed by atoms with Gasteiger partial charge in [-0.3, -0.25) is 9.59 Å². The lowest BCUT2D eigenvalue weighted by atomic mass is 10.0. The van der Waals surface area contributed by atoms with Gasteiger partial charge in [-0.05, 0) is 30.9 Å². The molecule has 5 heteroatoms. The van der Waals surface area contributed by atoms with E-state index in [4.69, 9.17) is 14.2 Å². The van der Waals surface area contributed by atoms with Crippen LogP contribution in [0.2, 0.25) is 0 Å². The maximum absolute atomic E-state index is 12.1. The van der Waals surface area contributed by atoms with Crippen LogP contribution in [0.5, 0.6) is 17.2 Å². The summed E-state index contributed by atoms with van der Waals surface area (Å²) in [7, 11) is 2.91. The molecule has 0 saturated heterocycles. The second-order valence-corrected chi connectivity index (χ2v) is 5.20. The van der Waals surface area contributed by atoms with Crippen LogP contribution in [0.3, 0.4) is 0 Å². The third-order valence-electron chi connectivity index (χ3n) is 3.76. The van der Waals surface area contributed by atoms with Gasteiger partial charge >= 0.3 is 5.97 Å². The van der Waals surface area contributed by atoms with Gasteiger partial charge in [0.15, 0.2) is 11.5 Å². The largest absolute Gasteiger partial charge is 0.493 e. The number of esters is 1. The van der Waals surface area contributed by atoms with E-state index < -0.39 is 0 Å². The Labute approximate surface area is 124 Å². The predicted octanol–water partition coefficient (Wildman–Crippen LogP) is 3.00. The first-order valence-electron chi connectivity index (χ1n) is 7.09. The standard InChI is InChI=1S/C16H20O5/c1-19-13-7-12(10-17)8-14(20-2)16(13)21-15(18)9-11-5-3-4-6-11/h7-8,10-11H,3-6,9H2,1-2H3. The quantitative estimate of drug-likeness (QED) is 0.458.